The summed E-state index contributed by atoms with van der Waals surface area (Å²) >= 11 is 0.439. The molecule has 1 aromatic heterocycles. The second-order valence-electron chi connectivity index (χ2n) is 2.56. The van der Waals surface area contributed by atoms with E-state index in [1.54, 1.807) is 0 Å². The predicted molar refractivity (Wildman–Crippen MR) is 44.6 cm³/mol. The van der Waals surface area contributed by atoms with E-state index in [1.165, 1.54) is 28.5 Å². The standard InChI is InChI=1S/C8H13NSe/c1-4-5-8-6(2)7(3)10-9-8/h4-5H2,1-3H3. The quantitative estimate of drug-likeness (QED) is 0.665. The summed E-state index contributed by atoms with van der Waals surface area (Å²) < 4.78 is 6.00. The second-order valence-corrected chi connectivity index (χ2v) is 4.61. The maximum absolute atomic E-state index is 4.49. The molecule has 0 unspecified atom stereocenters. The van der Waals surface area contributed by atoms with E-state index in [2.05, 4.69) is 24.8 Å². The molecule has 0 fully saturated rings. The Bertz CT molecular complexity index is 215. The first kappa shape index (κ1) is 8.03. The Morgan fingerprint density at radius 2 is 2.10 bits per heavy atom. The summed E-state index contributed by atoms with van der Waals surface area (Å²) in [7, 11) is 0. The molecule has 0 saturated carbocycles. The molecule has 0 atom stereocenters. The van der Waals surface area contributed by atoms with Gasteiger partial charge in [-0.15, -0.1) is 0 Å². The summed E-state index contributed by atoms with van der Waals surface area (Å²) in [6.45, 7) is 6.59. The Labute approximate surface area is 68.5 Å². The molecule has 0 aromatic carbocycles. The molecule has 2 heteroatoms. The van der Waals surface area contributed by atoms with Gasteiger partial charge in [-0.1, -0.05) is 0 Å². The van der Waals surface area contributed by atoms with E-state index in [0.29, 0.717) is 14.7 Å². The molecule has 1 rings (SSSR count). The molecule has 1 nitrogen and oxygen atoms in total. The summed E-state index contributed by atoms with van der Waals surface area (Å²) in [5, 5.41) is 0. The van der Waals surface area contributed by atoms with E-state index in [-0.39, 0.29) is 0 Å². The Kier molecular flexibility index (Phi) is 2.70. The molecule has 0 aliphatic rings. The van der Waals surface area contributed by atoms with Crippen molar-refractivity contribution >= 4 is 14.7 Å². The van der Waals surface area contributed by atoms with Gasteiger partial charge in [0.1, 0.15) is 0 Å². The van der Waals surface area contributed by atoms with Crippen LogP contribution in [0.4, 0.5) is 0 Å². The van der Waals surface area contributed by atoms with E-state index in [1.807, 2.05) is 0 Å². The van der Waals surface area contributed by atoms with E-state index in [9.17, 15) is 0 Å². The van der Waals surface area contributed by atoms with Gasteiger partial charge in [0.2, 0.25) is 0 Å². The Hall–Kier alpha value is -0.0705. The monoisotopic (exact) mass is 203 g/mol. The molecule has 10 heavy (non-hydrogen) atoms. The maximum atomic E-state index is 4.49. The van der Waals surface area contributed by atoms with Crippen molar-refractivity contribution in [3.63, 3.8) is 0 Å². The third kappa shape index (κ3) is 1.50. The number of aryl methyl sites for hydroxylation is 2. The van der Waals surface area contributed by atoms with E-state index >= 15 is 0 Å². The van der Waals surface area contributed by atoms with Crippen molar-refractivity contribution in [1.82, 2.24) is 3.98 Å². The molecule has 0 amide bonds. The number of aromatic nitrogens is 1. The average Bonchev–Trinajstić information content (AvgIpc) is 2.20. The Morgan fingerprint density at radius 1 is 1.40 bits per heavy atom. The van der Waals surface area contributed by atoms with E-state index in [0.717, 1.165) is 0 Å². The van der Waals surface area contributed by atoms with Gasteiger partial charge in [-0.2, -0.15) is 0 Å². The molecule has 0 aliphatic heterocycles. The van der Waals surface area contributed by atoms with Gasteiger partial charge in [0.05, 0.1) is 0 Å². The van der Waals surface area contributed by atoms with Gasteiger partial charge in [-0.05, 0) is 0 Å². The van der Waals surface area contributed by atoms with Crippen molar-refractivity contribution in [2.75, 3.05) is 0 Å². The van der Waals surface area contributed by atoms with Gasteiger partial charge in [-0.25, -0.2) is 0 Å². The number of hydrogen-bond acceptors (Lipinski definition) is 1. The molecule has 0 radical (unpaired) electrons. The van der Waals surface area contributed by atoms with Crippen LogP contribution in [-0.2, 0) is 6.42 Å². The molecule has 0 N–H and O–H groups in total. The van der Waals surface area contributed by atoms with Gasteiger partial charge < -0.3 is 0 Å². The van der Waals surface area contributed by atoms with Crippen LogP contribution in [-0.4, -0.2) is 18.7 Å². The van der Waals surface area contributed by atoms with Crippen LogP contribution in [0.5, 0.6) is 0 Å². The Balaban J connectivity index is 2.83. The minimum atomic E-state index is 0.439. The molecular weight excluding hydrogens is 189 g/mol. The van der Waals surface area contributed by atoms with Crippen LogP contribution in [0.1, 0.15) is 29.0 Å². The van der Waals surface area contributed by atoms with E-state index < -0.39 is 0 Å². The SMILES string of the molecule is CCCc1n[se]c(C)c1C. The molecule has 0 saturated heterocycles. The molecule has 0 bridgehead atoms. The van der Waals surface area contributed by atoms with Gasteiger partial charge in [0.25, 0.3) is 0 Å². The van der Waals surface area contributed by atoms with Crippen LogP contribution in [0.2, 0.25) is 0 Å². The third-order valence-corrected chi connectivity index (χ3v) is 3.61. The van der Waals surface area contributed by atoms with Crippen molar-refractivity contribution in [1.29, 1.82) is 0 Å². The van der Waals surface area contributed by atoms with Gasteiger partial charge in [0.15, 0.2) is 0 Å². The average molecular weight is 202 g/mol. The summed E-state index contributed by atoms with van der Waals surface area (Å²) in [6, 6.07) is 0. The van der Waals surface area contributed by atoms with Crippen LogP contribution >= 0.6 is 0 Å². The topological polar surface area (TPSA) is 12.9 Å². The first-order valence-corrected chi connectivity index (χ1v) is 5.29. The first-order chi connectivity index (χ1) is 4.75. The van der Waals surface area contributed by atoms with Crippen molar-refractivity contribution in [2.45, 2.75) is 33.6 Å². The van der Waals surface area contributed by atoms with Gasteiger partial charge in [-0.3, -0.25) is 0 Å². The van der Waals surface area contributed by atoms with Crippen molar-refractivity contribution in [2.24, 2.45) is 0 Å². The fourth-order valence-corrected chi connectivity index (χ4v) is 2.47. The summed E-state index contributed by atoms with van der Waals surface area (Å²) in [5.74, 6) is 0. The molecular formula is C8H13NSe. The number of nitrogens with zero attached hydrogens (tertiary/aromatic N) is 1. The molecule has 56 valence electrons. The summed E-state index contributed by atoms with van der Waals surface area (Å²) in [4.78, 5) is 0. The van der Waals surface area contributed by atoms with Gasteiger partial charge >= 0.3 is 68.0 Å². The molecule has 0 aliphatic carbocycles. The first-order valence-electron chi connectivity index (χ1n) is 3.67. The zero-order valence-corrected chi connectivity index (χ0v) is 8.48. The van der Waals surface area contributed by atoms with Crippen LogP contribution in [0.3, 0.4) is 0 Å². The fourth-order valence-electron chi connectivity index (χ4n) is 0.934. The third-order valence-electron chi connectivity index (χ3n) is 1.74. The molecule has 0 spiro atoms. The predicted octanol–water partition coefficient (Wildman–Crippen LogP) is 1.71. The minimum absolute atomic E-state index is 0.439. The van der Waals surface area contributed by atoms with Gasteiger partial charge in [0, 0.05) is 0 Å². The van der Waals surface area contributed by atoms with Crippen LogP contribution in [0, 0.1) is 13.8 Å². The van der Waals surface area contributed by atoms with Crippen LogP contribution in [0.25, 0.3) is 0 Å². The van der Waals surface area contributed by atoms with E-state index in [4.69, 9.17) is 0 Å². The molecule has 1 heterocycles. The summed E-state index contributed by atoms with van der Waals surface area (Å²) in [5.41, 5.74) is 2.82. The summed E-state index contributed by atoms with van der Waals surface area (Å²) in [6.07, 6.45) is 2.39. The number of hydrogen-bond donors (Lipinski definition) is 0. The van der Waals surface area contributed by atoms with Crippen molar-refractivity contribution in [3.8, 4) is 0 Å². The van der Waals surface area contributed by atoms with Crippen LogP contribution < -0.4 is 0 Å². The fraction of sp³-hybridized carbons (Fsp3) is 0.625. The zero-order chi connectivity index (χ0) is 7.56. The normalized spacial score (nSPS) is 10.3. The Morgan fingerprint density at radius 3 is 2.50 bits per heavy atom. The second kappa shape index (κ2) is 3.36. The zero-order valence-electron chi connectivity index (χ0n) is 6.77. The van der Waals surface area contributed by atoms with Crippen molar-refractivity contribution < 1.29 is 0 Å². The number of rotatable bonds is 2. The van der Waals surface area contributed by atoms with Crippen molar-refractivity contribution in [3.05, 3.63) is 15.7 Å². The van der Waals surface area contributed by atoms with Crippen LogP contribution in [0.15, 0.2) is 0 Å². The molecule has 1 aromatic rings.